The molecule has 4 atom stereocenters. The summed E-state index contributed by atoms with van der Waals surface area (Å²) in [6.07, 6.45) is 6.49. The van der Waals surface area contributed by atoms with E-state index in [-0.39, 0.29) is 11.6 Å². The number of hydrogen-bond donors (Lipinski definition) is 2. The van der Waals surface area contributed by atoms with Crippen LogP contribution in [0.5, 0.6) is 5.75 Å². The molecule has 4 fully saturated rings. The number of ether oxygens (including phenoxy) is 1. The van der Waals surface area contributed by atoms with Gasteiger partial charge in [0.1, 0.15) is 0 Å². The van der Waals surface area contributed by atoms with Crippen LogP contribution in [0.25, 0.3) is 11.3 Å². The maximum Gasteiger partial charge on any atom is 0.387 e. The van der Waals surface area contributed by atoms with Crippen molar-refractivity contribution >= 4 is 5.82 Å². The highest BCUT2D eigenvalue weighted by Crippen LogP contribution is 2.64. The quantitative estimate of drug-likeness (QED) is 0.650. The first-order valence-electron chi connectivity index (χ1n) is 11.6. The van der Waals surface area contributed by atoms with Gasteiger partial charge in [0.05, 0.1) is 5.69 Å². The Bertz CT molecular complexity index is 992. The van der Waals surface area contributed by atoms with Crippen molar-refractivity contribution in [1.82, 2.24) is 19.7 Å². The first kappa shape index (κ1) is 20.4. The molecule has 1 aliphatic heterocycles. The third-order valence-electron chi connectivity index (χ3n) is 7.85. The number of halogens is 2. The number of alkyl halides is 2. The maximum absolute atomic E-state index is 12.7. The zero-order valence-corrected chi connectivity index (χ0v) is 17.9. The summed E-state index contributed by atoms with van der Waals surface area (Å²) in [5.41, 5.74) is 8.35. The van der Waals surface area contributed by atoms with Gasteiger partial charge in [0, 0.05) is 61.6 Å². The van der Waals surface area contributed by atoms with Gasteiger partial charge in [-0.05, 0) is 55.6 Å². The number of nitrogen functional groups attached to an aromatic ring is 1. The third kappa shape index (κ3) is 3.65. The van der Waals surface area contributed by atoms with Crippen LogP contribution in [0.1, 0.15) is 37.3 Å². The summed E-state index contributed by atoms with van der Waals surface area (Å²) in [7, 11) is 0. The van der Waals surface area contributed by atoms with Crippen LogP contribution in [0.2, 0.25) is 0 Å². The van der Waals surface area contributed by atoms with E-state index in [1.54, 1.807) is 6.20 Å². The molecule has 0 radical (unpaired) electrons. The number of fused-ring (bicyclic) bond motifs is 1. The fourth-order valence-electron chi connectivity index (χ4n) is 5.89. The minimum absolute atomic E-state index is 0.0520. The molecule has 3 heterocycles. The van der Waals surface area contributed by atoms with E-state index < -0.39 is 6.61 Å². The Kier molecular flexibility index (Phi) is 4.87. The van der Waals surface area contributed by atoms with Crippen LogP contribution in [0.4, 0.5) is 14.6 Å². The molecule has 172 valence electrons. The number of aromatic nitrogens is 3. The number of likely N-dealkylation sites (tertiary alicyclic amines) is 1. The van der Waals surface area contributed by atoms with Crippen molar-refractivity contribution in [2.24, 2.45) is 23.7 Å². The van der Waals surface area contributed by atoms with Crippen LogP contribution >= 0.6 is 0 Å². The highest BCUT2D eigenvalue weighted by molar-refractivity contribution is 5.64. The van der Waals surface area contributed by atoms with Gasteiger partial charge >= 0.3 is 6.61 Å². The van der Waals surface area contributed by atoms with E-state index >= 15 is 0 Å². The second kappa shape index (κ2) is 7.66. The normalized spacial score (nSPS) is 29.9. The van der Waals surface area contributed by atoms with Crippen LogP contribution in [-0.2, 0) is 6.54 Å². The highest BCUT2D eigenvalue weighted by atomic mass is 19.3. The molecule has 0 spiro atoms. The fourth-order valence-corrected chi connectivity index (χ4v) is 5.89. The molecule has 9 heteroatoms. The zero-order valence-electron chi connectivity index (χ0n) is 17.9. The predicted molar refractivity (Wildman–Crippen MR) is 114 cm³/mol. The van der Waals surface area contributed by atoms with Gasteiger partial charge in [-0.1, -0.05) is 0 Å². The topological polar surface area (TPSA) is 89.4 Å². The Morgan fingerprint density at radius 3 is 2.56 bits per heavy atom. The van der Waals surface area contributed by atoms with Gasteiger partial charge in [-0.25, -0.2) is 4.98 Å². The van der Waals surface area contributed by atoms with E-state index in [1.165, 1.54) is 37.4 Å². The Balaban J connectivity index is 1.21. The lowest BCUT2D eigenvalue weighted by molar-refractivity contribution is -0.0494. The molecule has 3 saturated carbocycles. The molecule has 1 saturated heterocycles. The van der Waals surface area contributed by atoms with Gasteiger partial charge < -0.3 is 15.6 Å². The molecule has 0 bridgehead atoms. The lowest BCUT2D eigenvalue weighted by Crippen LogP contribution is -2.52. The van der Waals surface area contributed by atoms with E-state index in [0.29, 0.717) is 47.8 Å². The molecule has 6 rings (SSSR count). The monoisotopic (exact) mass is 445 g/mol. The van der Waals surface area contributed by atoms with E-state index in [2.05, 4.69) is 25.4 Å². The van der Waals surface area contributed by atoms with Gasteiger partial charge in [-0.15, -0.1) is 0 Å². The number of nitrogens with zero attached hydrogens (tertiary/aromatic N) is 4. The summed E-state index contributed by atoms with van der Waals surface area (Å²) in [4.78, 5) is 6.57. The Morgan fingerprint density at radius 2 is 1.91 bits per heavy atom. The van der Waals surface area contributed by atoms with Gasteiger partial charge in [-0.3, -0.25) is 9.58 Å². The molecule has 3 aliphatic carbocycles. The minimum Gasteiger partial charge on any atom is -0.431 e. The largest absolute Gasteiger partial charge is 0.431 e. The molecule has 32 heavy (non-hydrogen) atoms. The zero-order chi connectivity index (χ0) is 22.0. The van der Waals surface area contributed by atoms with Crippen molar-refractivity contribution in [3.05, 3.63) is 24.0 Å². The molecule has 0 unspecified atom stereocenters. The highest BCUT2D eigenvalue weighted by Gasteiger charge is 2.59. The van der Waals surface area contributed by atoms with Crippen molar-refractivity contribution in [2.45, 2.75) is 50.8 Å². The van der Waals surface area contributed by atoms with Crippen molar-refractivity contribution in [1.29, 1.82) is 0 Å². The summed E-state index contributed by atoms with van der Waals surface area (Å²) < 4.78 is 32.1. The Labute approximate surface area is 185 Å². The van der Waals surface area contributed by atoms with Crippen LogP contribution in [0.15, 0.2) is 18.3 Å². The molecule has 2 aromatic rings. The molecule has 4 aliphatic rings. The lowest BCUT2D eigenvalue weighted by Gasteiger charge is -2.43. The number of aliphatic hydroxyl groups excluding tert-OH is 1. The molecule has 3 N–H and O–H groups in total. The minimum atomic E-state index is -2.95. The van der Waals surface area contributed by atoms with E-state index in [9.17, 15) is 13.9 Å². The first-order valence-corrected chi connectivity index (χ1v) is 11.6. The smallest absolute Gasteiger partial charge is 0.387 e. The summed E-state index contributed by atoms with van der Waals surface area (Å²) in [6, 6.07) is 4.28. The number of nitrogens with two attached hydrogens (primary N) is 1. The van der Waals surface area contributed by atoms with Gasteiger partial charge in [0.2, 0.25) is 0 Å². The predicted octanol–water partition coefficient (Wildman–Crippen LogP) is 2.95. The van der Waals surface area contributed by atoms with Gasteiger partial charge in [0.15, 0.2) is 11.6 Å². The molecule has 0 aromatic carbocycles. The molecule has 2 aromatic heterocycles. The second-order valence-electron chi connectivity index (χ2n) is 10.0. The average Bonchev–Trinajstić information content (AvgIpc) is 3.57. The lowest BCUT2D eigenvalue weighted by atomic mass is 9.95. The van der Waals surface area contributed by atoms with Crippen LogP contribution < -0.4 is 10.5 Å². The summed E-state index contributed by atoms with van der Waals surface area (Å²) in [5.74, 6) is 2.89. The van der Waals surface area contributed by atoms with Crippen LogP contribution in [0, 0.1) is 23.7 Å². The number of anilines is 1. The first-order chi connectivity index (χ1) is 15.5. The Morgan fingerprint density at radius 1 is 1.16 bits per heavy atom. The van der Waals surface area contributed by atoms with Crippen molar-refractivity contribution in [3.63, 3.8) is 0 Å². The van der Waals surface area contributed by atoms with Gasteiger partial charge in [0.25, 0.3) is 0 Å². The Hall–Kier alpha value is -2.26. The van der Waals surface area contributed by atoms with E-state index in [4.69, 9.17) is 10.8 Å². The van der Waals surface area contributed by atoms with Crippen LogP contribution in [0.3, 0.4) is 0 Å². The number of hydrogen-bond acceptors (Lipinski definition) is 6. The second-order valence-corrected chi connectivity index (χ2v) is 10.0. The van der Waals surface area contributed by atoms with E-state index in [0.717, 1.165) is 25.3 Å². The van der Waals surface area contributed by atoms with Crippen LogP contribution in [-0.4, -0.2) is 57.1 Å². The van der Waals surface area contributed by atoms with Crippen molar-refractivity contribution in [2.75, 3.05) is 25.4 Å². The van der Waals surface area contributed by atoms with Gasteiger partial charge in [-0.2, -0.15) is 13.9 Å². The summed E-state index contributed by atoms with van der Waals surface area (Å²) >= 11 is 0. The number of rotatable bonds is 8. The molecule has 0 amide bonds. The van der Waals surface area contributed by atoms with Crippen molar-refractivity contribution in [3.8, 4) is 17.0 Å². The third-order valence-corrected chi connectivity index (χ3v) is 7.85. The summed E-state index contributed by atoms with van der Waals surface area (Å²) in [5, 5.41) is 14.1. The van der Waals surface area contributed by atoms with Crippen molar-refractivity contribution < 1.29 is 18.6 Å². The maximum atomic E-state index is 12.7. The number of aliphatic hydroxyl groups is 1. The average molecular weight is 446 g/mol. The molecular weight excluding hydrogens is 416 g/mol. The molecular formula is C23H29F2N5O2. The number of pyridine rings is 1. The summed E-state index contributed by atoms with van der Waals surface area (Å²) in [6.45, 7) is 0.327. The molecule has 7 nitrogen and oxygen atoms in total. The SMILES string of the molecule is Nc1ncc(-c2cc([C@H]3[C@@H]4C[C@H](N5CC(CO)C5)C[C@@H]43)n(CC3CC3)n2)cc1OC(F)F. The fraction of sp³-hybridized carbons (Fsp3) is 0.652. The standard InChI is InChI=1S/C23H29F2N5O2/c24-23(25)32-20-3-14(7-27-22(20)26)18-6-19(30(28-18)10-12-1-2-12)21-16-4-15(5-17(16)21)29-8-13(9-29)11-31/h3,6-7,12-13,15-17,21,23,31H,1-2,4-5,8-11H2,(H2,26,27)/t15-,16+,17-,21-. The van der Waals surface area contributed by atoms with E-state index in [1.807, 2.05) is 0 Å².